The van der Waals surface area contributed by atoms with Gasteiger partial charge in [-0.1, -0.05) is 40.5 Å². The number of H-pyrrole nitrogens is 1. The Hall–Kier alpha value is -3.23. The largest absolute Gasteiger partial charge is 0.338 e. The number of halogens is 2. The molecule has 10 heteroatoms. The van der Waals surface area contributed by atoms with Crippen LogP contribution in [0.3, 0.4) is 0 Å². The van der Waals surface area contributed by atoms with Gasteiger partial charge < -0.3 is 9.88 Å². The lowest BCUT2D eigenvalue weighted by molar-refractivity contribution is 0.0704. The average Bonchev–Trinajstić information content (AvgIpc) is 3.22. The van der Waals surface area contributed by atoms with Gasteiger partial charge in [0.2, 0.25) is 0 Å². The molecule has 33 heavy (non-hydrogen) atoms. The lowest BCUT2D eigenvalue weighted by atomic mass is 9.96. The summed E-state index contributed by atoms with van der Waals surface area (Å²) in [5.41, 5.74) is 1.77. The van der Waals surface area contributed by atoms with Crippen LogP contribution in [0.4, 0.5) is 0 Å². The Morgan fingerprint density at radius 3 is 2.73 bits per heavy atom. The van der Waals surface area contributed by atoms with Gasteiger partial charge in [-0.15, -0.1) is 5.10 Å². The van der Waals surface area contributed by atoms with E-state index in [9.17, 15) is 9.59 Å². The molecular formula is C23H20Cl2N6O2. The SMILES string of the molecule is O=C(c1ccc(Cl)cc1)N1CCCC(c2nc3c(nnn3Cc3cccc(Cl)c3)c(=O)[nH]2)C1. The maximum Gasteiger partial charge on any atom is 0.281 e. The number of amides is 1. The molecule has 1 aliphatic rings. The quantitative estimate of drug-likeness (QED) is 0.475. The van der Waals surface area contributed by atoms with Crippen LogP contribution in [0, 0.1) is 0 Å². The minimum Gasteiger partial charge on any atom is -0.338 e. The minimum absolute atomic E-state index is 0.0625. The number of carbonyl (C=O) groups is 1. The first-order valence-electron chi connectivity index (χ1n) is 10.6. The number of nitrogens with zero attached hydrogens (tertiary/aromatic N) is 5. The maximum atomic E-state index is 13.0. The van der Waals surface area contributed by atoms with Gasteiger partial charge >= 0.3 is 0 Å². The summed E-state index contributed by atoms with van der Waals surface area (Å²) in [4.78, 5) is 35.0. The fourth-order valence-electron chi connectivity index (χ4n) is 4.15. The van der Waals surface area contributed by atoms with E-state index in [4.69, 9.17) is 28.2 Å². The van der Waals surface area contributed by atoms with Crippen molar-refractivity contribution in [2.45, 2.75) is 25.3 Å². The Bertz CT molecular complexity index is 1380. The third-order valence-electron chi connectivity index (χ3n) is 5.80. The second-order valence-corrected chi connectivity index (χ2v) is 8.97. The number of piperidine rings is 1. The summed E-state index contributed by atoms with van der Waals surface area (Å²) in [5, 5.41) is 9.34. The Morgan fingerprint density at radius 2 is 1.94 bits per heavy atom. The number of nitrogens with one attached hydrogen (secondary N) is 1. The highest BCUT2D eigenvalue weighted by atomic mass is 35.5. The molecule has 1 unspecified atom stereocenters. The van der Waals surface area contributed by atoms with E-state index >= 15 is 0 Å². The summed E-state index contributed by atoms with van der Waals surface area (Å²) in [6, 6.07) is 14.3. The number of benzene rings is 2. The molecule has 1 amide bonds. The van der Waals surface area contributed by atoms with E-state index in [1.54, 1.807) is 39.9 Å². The van der Waals surface area contributed by atoms with Crippen molar-refractivity contribution in [1.82, 2.24) is 29.9 Å². The van der Waals surface area contributed by atoms with E-state index in [1.165, 1.54) is 0 Å². The van der Waals surface area contributed by atoms with E-state index in [2.05, 4.69) is 15.3 Å². The standard InChI is InChI=1S/C23H20Cl2N6O2/c24-17-8-6-15(7-9-17)23(33)30-10-2-4-16(13-30)20-26-21-19(22(32)27-20)28-29-31(21)12-14-3-1-5-18(25)11-14/h1,3,5-9,11,16H,2,4,10,12-13H2,(H,26,27,32). The molecule has 2 aromatic carbocycles. The molecule has 8 nitrogen and oxygen atoms in total. The van der Waals surface area contributed by atoms with Gasteiger partial charge in [-0.25, -0.2) is 9.67 Å². The van der Waals surface area contributed by atoms with Crippen LogP contribution in [0.1, 0.15) is 40.5 Å². The molecule has 0 radical (unpaired) electrons. The zero-order valence-corrected chi connectivity index (χ0v) is 19.1. The molecule has 0 spiro atoms. The second-order valence-electron chi connectivity index (χ2n) is 8.10. The number of carbonyl (C=O) groups excluding carboxylic acids is 1. The van der Waals surface area contributed by atoms with Gasteiger partial charge in [0.1, 0.15) is 5.82 Å². The van der Waals surface area contributed by atoms with Crippen molar-refractivity contribution in [2.75, 3.05) is 13.1 Å². The third-order valence-corrected chi connectivity index (χ3v) is 6.29. The topological polar surface area (TPSA) is 96.8 Å². The highest BCUT2D eigenvalue weighted by Gasteiger charge is 2.28. The number of hydrogen-bond donors (Lipinski definition) is 1. The predicted octanol–water partition coefficient (Wildman–Crippen LogP) is 3.89. The van der Waals surface area contributed by atoms with Crippen LogP contribution < -0.4 is 5.56 Å². The molecule has 4 aromatic rings. The van der Waals surface area contributed by atoms with Crippen LogP contribution in [0.25, 0.3) is 11.2 Å². The number of likely N-dealkylation sites (tertiary alicyclic amines) is 1. The molecule has 0 aliphatic carbocycles. The van der Waals surface area contributed by atoms with Gasteiger partial charge in [0.05, 0.1) is 6.54 Å². The van der Waals surface area contributed by atoms with Gasteiger partial charge in [-0.05, 0) is 54.8 Å². The summed E-state index contributed by atoms with van der Waals surface area (Å²) in [7, 11) is 0. The average molecular weight is 483 g/mol. The molecule has 168 valence electrons. The molecule has 3 heterocycles. The fourth-order valence-corrected chi connectivity index (χ4v) is 4.49. The normalized spacial score (nSPS) is 16.3. The number of aromatic nitrogens is 5. The molecule has 1 saturated heterocycles. The van der Waals surface area contributed by atoms with E-state index in [1.807, 2.05) is 18.2 Å². The maximum absolute atomic E-state index is 13.0. The Labute approximate surface area is 199 Å². The molecule has 1 atom stereocenters. The van der Waals surface area contributed by atoms with Crippen LogP contribution in [0.5, 0.6) is 0 Å². The van der Waals surface area contributed by atoms with Crippen molar-refractivity contribution < 1.29 is 4.79 Å². The third kappa shape index (κ3) is 4.49. The zero-order valence-electron chi connectivity index (χ0n) is 17.5. The van der Waals surface area contributed by atoms with Crippen LogP contribution in [-0.4, -0.2) is 48.9 Å². The van der Waals surface area contributed by atoms with E-state index in [0.29, 0.717) is 46.7 Å². The highest BCUT2D eigenvalue weighted by Crippen LogP contribution is 2.26. The lowest BCUT2D eigenvalue weighted by Crippen LogP contribution is -2.40. The van der Waals surface area contributed by atoms with Gasteiger partial charge in [-0.3, -0.25) is 9.59 Å². The summed E-state index contributed by atoms with van der Waals surface area (Å²) in [6.45, 7) is 1.50. The Morgan fingerprint density at radius 1 is 1.12 bits per heavy atom. The Kier molecular flexibility index (Phi) is 5.86. The molecule has 0 bridgehead atoms. The Balaban J connectivity index is 1.42. The predicted molar refractivity (Wildman–Crippen MR) is 126 cm³/mol. The first-order chi connectivity index (χ1) is 16.0. The molecule has 5 rings (SSSR count). The smallest absolute Gasteiger partial charge is 0.281 e. The first-order valence-corrected chi connectivity index (χ1v) is 11.4. The molecule has 0 saturated carbocycles. The van der Waals surface area contributed by atoms with Gasteiger partial charge in [0.25, 0.3) is 11.5 Å². The second kappa shape index (κ2) is 8.96. The van der Waals surface area contributed by atoms with Crippen LogP contribution in [-0.2, 0) is 6.54 Å². The number of aromatic amines is 1. The molecule has 1 aliphatic heterocycles. The van der Waals surface area contributed by atoms with E-state index < -0.39 is 0 Å². The first kappa shape index (κ1) is 21.6. The van der Waals surface area contributed by atoms with Crippen molar-refractivity contribution in [3.8, 4) is 0 Å². The number of rotatable bonds is 4. The van der Waals surface area contributed by atoms with E-state index in [0.717, 1.165) is 18.4 Å². The van der Waals surface area contributed by atoms with Crippen molar-refractivity contribution >= 4 is 40.3 Å². The summed E-state index contributed by atoms with van der Waals surface area (Å²) in [6.07, 6.45) is 1.63. The van der Waals surface area contributed by atoms with E-state index in [-0.39, 0.29) is 22.9 Å². The molecule has 2 aromatic heterocycles. The summed E-state index contributed by atoms with van der Waals surface area (Å²) >= 11 is 12.0. The van der Waals surface area contributed by atoms with Crippen LogP contribution in [0.15, 0.2) is 53.3 Å². The van der Waals surface area contributed by atoms with Gasteiger partial charge in [0.15, 0.2) is 11.2 Å². The van der Waals surface area contributed by atoms with Crippen LogP contribution in [0.2, 0.25) is 10.0 Å². The monoisotopic (exact) mass is 482 g/mol. The molecule has 1 N–H and O–H groups in total. The lowest BCUT2D eigenvalue weighted by Gasteiger charge is -2.32. The van der Waals surface area contributed by atoms with Crippen molar-refractivity contribution in [1.29, 1.82) is 0 Å². The molecular weight excluding hydrogens is 463 g/mol. The minimum atomic E-state index is -0.339. The fraction of sp³-hybridized carbons (Fsp3) is 0.261. The van der Waals surface area contributed by atoms with Crippen molar-refractivity contribution in [3.63, 3.8) is 0 Å². The number of fused-ring (bicyclic) bond motifs is 1. The van der Waals surface area contributed by atoms with Crippen molar-refractivity contribution in [2.24, 2.45) is 0 Å². The summed E-state index contributed by atoms with van der Waals surface area (Å²) in [5.74, 6) is 0.379. The highest BCUT2D eigenvalue weighted by molar-refractivity contribution is 6.30. The molecule has 1 fully saturated rings. The van der Waals surface area contributed by atoms with Crippen LogP contribution >= 0.6 is 23.2 Å². The van der Waals surface area contributed by atoms with Crippen molar-refractivity contribution in [3.05, 3.63) is 85.9 Å². The van der Waals surface area contributed by atoms with Gasteiger partial charge in [-0.2, -0.15) is 0 Å². The number of hydrogen-bond acceptors (Lipinski definition) is 5. The summed E-state index contributed by atoms with van der Waals surface area (Å²) < 4.78 is 1.60. The van der Waals surface area contributed by atoms with Gasteiger partial charge in [0, 0.05) is 34.6 Å². The zero-order chi connectivity index (χ0) is 22.9.